The van der Waals surface area contributed by atoms with Gasteiger partial charge in [0.05, 0.1) is 5.92 Å². The molecule has 2 unspecified atom stereocenters. The molecule has 0 heterocycles. The third kappa shape index (κ3) is 3.56. The van der Waals surface area contributed by atoms with E-state index in [0.717, 1.165) is 0 Å². The first-order chi connectivity index (χ1) is 7.93. The molecule has 0 aliphatic heterocycles. The van der Waals surface area contributed by atoms with Gasteiger partial charge in [-0.25, -0.2) is 0 Å². The highest BCUT2D eigenvalue weighted by Gasteiger charge is 2.22. The minimum Gasteiger partial charge on any atom is -0.481 e. The summed E-state index contributed by atoms with van der Waals surface area (Å²) in [6.45, 7) is 3.83. The molecule has 0 aliphatic carbocycles. The van der Waals surface area contributed by atoms with E-state index in [-0.39, 0.29) is 12.0 Å². The molecule has 0 bridgehead atoms. The molecule has 94 valence electrons. The second-order valence-corrected chi connectivity index (χ2v) is 4.81. The average molecular weight is 235 g/mol. The molecule has 0 spiro atoms. The summed E-state index contributed by atoms with van der Waals surface area (Å²) in [5.41, 5.74) is 2.43. The highest BCUT2D eigenvalue weighted by Crippen LogP contribution is 2.28. The van der Waals surface area contributed by atoms with E-state index in [1.807, 2.05) is 26.2 Å². The van der Waals surface area contributed by atoms with Crippen LogP contribution in [-0.2, 0) is 4.79 Å². The Morgan fingerprint density at radius 1 is 1.35 bits per heavy atom. The molecule has 3 nitrogen and oxygen atoms in total. The number of carbonyl (C=O) groups is 1. The Bertz CT molecular complexity index is 388. The Morgan fingerprint density at radius 3 is 2.41 bits per heavy atom. The molecule has 17 heavy (non-hydrogen) atoms. The van der Waals surface area contributed by atoms with Gasteiger partial charge in [0.15, 0.2) is 0 Å². The number of hydrogen-bond donors (Lipinski definition) is 1. The van der Waals surface area contributed by atoms with E-state index >= 15 is 0 Å². The van der Waals surface area contributed by atoms with Crippen LogP contribution in [0.1, 0.15) is 30.5 Å². The Balaban J connectivity index is 2.94. The molecule has 0 saturated carbocycles. The highest BCUT2D eigenvalue weighted by atomic mass is 16.4. The molecule has 0 amide bonds. The smallest absolute Gasteiger partial charge is 0.306 e. The van der Waals surface area contributed by atoms with Crippen molar-refractivity contribution in [3.63, 3.8) is 0 Å². The SMILES string of the molecule is Cc1ccccc1C(CC(C)C(=O)O)N(C)C. The summed E-state index contributed by atoms with van der Waals surface area (Å²) in [5.74, 6) is -1.06. The minimum atomic E-state index is -0.731. The van der Waals surface area contributed by atoms with E-state index in [4.69, 9.17) is 5.11 Å². The van der Waals surface area contributed by atoms with Crippen LogP contribution in [-0.4, -0.2) is 30.1 Å². The number of aryl methyl sites for hydroxylation is 1. The Morgan fingerprint density at radius 2 is 1.94 bits per heavy atom. The zero-order valence-electron chi connectivity index (χ0n) is 11.0. The summed E-state index contributed by atoms with van der Waals surface area (Å²) in [5, 5.41) is 9.01. The number of nitrogens with zero attached hydrogens (tertiary/aromatic N) is 1. The van der Waals surface area contributed by atoms with Gasteiger partial charge in [-0.3, -0.25) is 4.79 Å². The second kappa shape index (κ2) is 5.82. The summed E-state index contributed by atoms with van der Waals surface area (Å²) >= 11 is 0. The zero-order chi connectivity index (χ0) is 13.0. The number of benzene rings is 1. The quantitative estimate of drug-likeness (QED) is 0.853. The van der Waals surface area contributed by atoms with E-state index in [1.54, 1.807) is 6.92 Å². The van der Waals surface area contributed by atoms with Crippen molar-refractivity contribution in [3.05, 3.63) is 35.4 Å². The van der Waals surface area contributed by atoms with E-state index in [2.05, 4.69) is 24.0 Å². The lowest BCUT2D eigenvalue weighted by molar-refractivity contribution is -0.141. The van der Waals surface area contributed by atoms with Crippen LogP contribution in [0.15, 0.2) is 24.3 Å². The van der Waals surface area contributed by atoms with E-state index in [1.165, 1.54) is 11.1 Å². The third-order valence-corrected chi connectivity index (χ3v) is 3.17. The maximum Gasteiger partial charge on any atom is 0.306 e. The minimum absolute atomic E-state index is 0.155. The second-order valence-electron chi connectivity index (χ2n) is 4.81. The largest absolute Gasteiger partial charge is 0.481 e. The number of aliphatic carboxylic acids is 1. The van der Waals surface area contributed by atoms with Crippen molar-refractivity contribution >= 4 is 5.97 Å². The predicted octanol–water partition coefficient (Wildman–Crippen LogP) is 2.71. The van der Waals surface area contributed by atoms with Crippen molar-refractivity contribution in [1.29, 1.82) is 0 Å². The maximum atomic E-state index is 11.0. The summed E-state index contributed by atoms with van der Waals surface area (Å²) < 4.78 is 0. The lowest BCUT2D eigenvalue weighted by Gasteiger charge is -2.27. The van der Waals surface area contributed by atoms with Gasteiger partial charge < -0.3 is 10.0 Å². The van der Waals surface area contributed by atoms with Gasteiger partial charge in [0.1, 0.15) is 0 Å². The maximum absolute atomic E-state index is 11.0. The van der Waals surface area contributed by atoms with Gasteiger partial charge in [-0.2, -0.15) is 0 Å². The van der Waals surface area contributed by atoms with Crippen LogP contribution in [0.5, 0.6) is 0 Å². The monoisotopic (exact) mass is 235 g/mol. The molecular formula is C14H21NO2. The zero-order valence-corrected chi connectivity index (χ0v) is 11.0. The molecule has 1 aromatic carbocycles. The fourth-order valence-corrected chi connectivity index (χ4v) is 2.01. The van der Waals surface area contributed by atoms with Crippen LogP contribution >= 0.6 is 0 Å². The molecule has 3 heteroatoms. The number of rotatable bonds is 5. The topological polar surface area (TPSA) is 40.5 Å². The first kappa shape index (κ1) is 13.7. The summed E-state index contributed by atoms with van der Waals surface area (Å²) in [6.07, 6.45) is 0.632. The van der Waals surface area contributed by atoms with Crippen LogP contribution < -0.4 is 0 Å². The van der Waals surface area contributed by atoms with Gasteiger partial charge in [-0.05, 0) is 38.6 Å². The normalized spacial score (nSPS) is 14.6. The molecule has 1 N–H and O–H groups in total. The number of carboxylic acid groups (broad SMARTS) is 1. The van der Waals surface area contributed by atoms with Crippen LogP contribution in [0.2, 0.25) is 0 Å². The summed E-state index contributed by atoms with van der Waals surface area (Å²) in [4.78, 5) is 13.0. The van der Waals surface area contributed by atoms with Crippen molar-refractivity contribution < 1.29 is 9.90 Å². The van der Waals surface area contributed by atoms with Crippen molar-refractivity contribution in [2.24, 2.45) is 5.92 Å². The Labute approximate surface area is 103 Å². The predicted molar refractivity (Wildman–Crippen MR) is 69.0 cm³/mol. The molecule has 2 atom stereocenters. The average Bonchev–Trinajstić information content (AvgIpc) is 2.26. The van der Waals surface area contributed by atoms with Crippen molar-refractivity contribution in [1.82, 2.24) is 4.90 Å². The van der Waals surface area contributed by atoms with Gasteiger partial charge in [0.25, 0.3) is 0 Å². The van der Waals surface area contributed by atoms with Crippen LogP contribution in [0.3, 0.4) is 0 Å². The molecule has 1 aromatic rings. The van der Waals surface area contributed by atoms with Crippen molar-refractivity contribution in [2.45, 2.75) is 26.3 Å². The standard InChI is InChI=1S/C14H21NO2/c1-10-7-5-6-8-12(10)13(15(3)4)9-11(2)14(16)17/h5-8,11,13H,9H2,1-4H3,(H,16,17). The molecule has 0 fully saturated rings. The van der Waals surface area contributed by atoms with E-state index < -0.39 is 5.97 Å². The van der Waals surface area contributed by atoms with Crippen molar-refractivity contribution in [3.8, 4) is 0 Å². The first-order valence-electron chi connectivity index (χ1n) is 5.88. The lowest BCUT2D eigenvalue weighted by atomic mass is 9.92. The summed E-state index contributed by atoms with van der Waals surface area (Å²) in [7, 11) is 3.98. The fraction of sp³-hybridized carbons (Fsp3) is 0.500. The Hall–Kier alpha value is -1.35. The van der Waals surface area contributed by atoms with Gasteiger partial charge in [0, 0.05) is 6.04 Å². The molecule has 1 rings (SSSR count). The van der Waals surface area contributed by atoms with Gasteiger partial charge in [0.2, 0.25) is 0 Å². The first-order valence-corrected chi connectivity index (χ1v) is 5.88. The van der Waals surface area contributed by atoms with Gasteiger partial charge in [-0.15, -0.1) is 0 Å². The van der Waals surface area contributed by atoms with E-state index in [9.17, 15) is 4.79 Å². The Kier molecular flexibility index (Phi) is 4.70. The van der Waals surface area contributed by atoms with Gasteiger partial charge in [-0.1, -0.05) is 31.2 Å². The number of hydrogen-bond acceptors (Lipinski definition) is 2. The summed E-state index contributed by atoms with van der Waals surface area (Å²) in [6, 6.07) is 8.31. The molecule has 0 saturated heterocycles. The highest BCUT2D eigenvalue weighted by molar-refractivity contribution is 5.69. The van der Waals surface area contributed by atoms with Crippen molar-refractivity contribution in [2.75, 3.05) is 14.1 Å². The van der Waals surface area contributed by atoms with Gasteiger partial charge >= 0.3 is 5.97 Å². The molecule has 0 radical (unpaired) electrons. The molecule has 0 aromatic heterocycles. The fourth-order valence-electron chi connectivity index (χ4n) is 2.01. The third-order valence-electron chi connectivity index (χ3n) is 3.17. The lowest BCUT2D eigenvalue weighted by Crippen LogP contribution is -2.25. The van der Waals surface area contributed by atoms with Crippen LogP contribution in [0.25, 0.3) is 0 Å². The molecular weight excluding hydrogens is 214 g/mol. The van der Waals surface area contributed by atoms with Crippen LogP contribution in [0, 0.1) is 12.8 Å². The molecule has 0 aliphatic rings. The number of carboxylic acids is 1. The van der Waals surface area contributed by atoms with Crippen LogP contribution in [0.4, 0.5) is 0 Å². The van der Waals surface area contributed by atoms with E-state index in [0.29, 0.717) is 6.42 Å².